The number of nitrogens with one attached hydrogen (secondary N) is 1. The lowest BCUT2D eigenvalue weighted by Gasteiger charge is -2.15. The first-order chi connectivity index (χ1) is 10.3. The second kappa shape index (κ2) is 6.46. The first kappa shape index (κ1) is 15.8. The summed E-state index contributed by atoms with van der Waals surface area (Å²) in [7, 11) is 0. The number of hydrogen-bond donors (Lipinski definition) is 1. The van der Waals surface area contributed by atoms with Gasteiger partial charge in [0.25, 0.3) is 5.91 Å². The minimum absolute atomic E-state index is 0.287. The lowest BCUT2D eigenvalue weighted by atomic mass is 10.1. The van der Waals surface area contributed by atoms with Crippen LogP contribution in [0.4, 0.5) is 13.2 Å². The number of nitrogens with zero attached hydrogens (tertiary/aromatic N) is 1. The number of alkyl halides is 3. The number of rotatable bonds is 4. The summed E-state index contributed by atoms with van der Waals surface area (Å²) in [5, 5.41) is 2.75. The first-order valence-electron chi connectivity index (χ1n) is 6.42. The first-order valence-corrected chi connectivity index (χ1v) is 6.42. The van der Waals surface area contributed by atoms with E-state index in [1.807, 2.05) is 0 Å². The number of pyridine rings is 1. The van der Waals surface area contributed by atoms with Gasteiger partial charge in [-0.15, -0.1) is 13.2 Å². The zero-order valence-corrected chi connectivity index (χ0v) is 11.6. The highest BCUT2D eigenvalue weighted by Crippen LogP contribution is 2.24. The van der Waals surface area contributed by atoms with Crippen LogP contribution in [0.2, 0.25) is 0 Å². The molecule has 116 valence electrons. The Morgan fingerprint density at radius 3 is 2.27 bits per heavy atom. The summed E-state index contributed by atoms with van der Waals surface area (Å²) >= 11 is 0. The normalized spacial score (nSPS) is 12.5. The number of carbonyl (C=O) groups excluding carboxylic acids is 1. The molecule has 4 nitrogen and oxygen atoms in total. The molecule has 1 heterocycles. The number of benzene rings is 1. The average Bonchev–Trinajstić information content (AvgIpc) is 2.47. The Hall–Kier alpha value is -2.57. The van der Waals surface area contributed by atoms with Gasteiger partial charge in [0.15, 0.2) is 0 Å². The molecule has 0 aliphatic rings. The Morgan fingerprint density at radius 1 is 1.14 bits per heavy atom. The molecular weight excluding hydrogens is 297 g/mol. The van der Waals surface area contributed by atoms with E-state index >= 15 is 0 Å². The van der Waals surface area contributed by atoms with E-state index in [2.05, 4.69) is 15.0 Å². The van der Waals surface area contributed by atoms with E-state index in [1.54, 1.807) is 19.1 Å². The van der Waals surface area contributed by atoms with Crippen LogP contribution >= 0.6 is 0 Å². The fourth-order valence-electron chi connectivity index (χ4n) is 1.82. The van der Waals surface area contributed by atoms with Crippen molar-refractivity contribution in [3.05, 3.63) is 59.9 Å². The number of carbonyl (C=O) groups is 1. The van der Waals surface area contributed by atoms with Crippen LogP contribution in [0.3, 0.4) is 0 Å². The summed E-state index contributed by atoms with van der Waals surface area (Å²) in [5.74, 6) is -0.588. The van der Waals surface area contributed by atoms with E-state index in [4.69, 9.17) is 0 Å². The predicted molar refractivity (Wildman–Crippen MR) is 73.2 cm³/mol. The van der Waals surface area contributed by atoms with Gasteiger partial charge in [0, 0.05) is 18.0 Å². The minimum atomic E-state index is -4.72. The number of ether oxygens (including phenoxy) is 1. The monoisotopic (exact) mass is 310 g/mol. The van der Waals surface area contributed by atoms with Crippen molar-refractivity contribution in [2.75, 3.05) is 0 Å². The van der Waals surface area contributed by atoms with Crippen LogP contribution in [-0.4, -0.2) is 17.3 Å². The third-order valence-corrected chi connectivity index (χ3v) is 2.90. The number of hydrogen-bond acceptors (Lipinski definition) is 3. The highest BCUT2D eigenvalue weighted by molar-refractivity contribution is 5.94. The average molecular weight is 310 g/mol. The number of halogens is 3. The Labute approximate surface area is 124 Å². The van der Waals surface area contributed by atoms with Gasteiger partial charge >= 0.3 is 6.36 Å². The van der Waals surface area contributed by atoms with Crippen molar-refractivity contribution in [3.8, 4) is 5.75 Å². The molecule has 1 aromatic carbocycles. The Balaban J connectivity index is 2.01. The molecule has 1 amide bonds. The smallest absolute Gasteiger partial charge is 0.406 e. The molecule has 0 aliphatic carbocycles. The maximum atomic E-state index is 12.1. The van der Waals surface area contributed by atoms with Crippen LogP contribution in [0.25, 0.3) is 0 Å². The standard InChI is InChI=1S/C15H13F3N2O2/c1-10(20-14(21)12-6-8-19-9-7-12)11-2-4-13(5-3-11)22-15(16,17)18/h2-10H,1H3,(H,20,21)/t10-/m1/s1. The molecular formula is C15H13F3N2O2. The maximum absolute atomic E-state index is 12.1. The highest BCUT2D eigenvalue weighted by atomic mass is 19.4. The van der Waals surface area contributed by atoms with Gasteiger partial charge in [0.05, 0.1) is 6.04 Å². The Bertz CT molecular complexity index is 627. The van der Waals surface area contributed by atoms with E-state index in [9.17, 15) is 18.0 Å². The molecule has 7 heteroatoms. The van der Waals surface area contributed by atoms with Crippen LogP contribution in [0.15, 0.2) is 48.8 Å². The van der Waals surface area contributed by atoms with Crippen molar-refractivity contribution < 1.29 is 22.7 Å². The van der Waals surface area contributed by atoms with Gasteiger partial charge in [-0.3, -0.25) is 9.78 Å². The third kappa shape index (κ3) is 4.47. The van der Waals surface area contributed by atoms with Crippen molar-refractivity contribution >= 4 is 5.91 Å². The van der Waals surface area contributed by atoms with Gasteiger partial charge in [0.1, 0.15) is 5.75 Å². The second-order valence-electron chi connectivity index (χ2n) is 4.55. The molecule has 0 saturated heterocycles. The van der Waals surface area contributed by atoms with Crippen molar-refractivity contribution in [2.45, 2.75) is 19.3 Å². The minimum Gasteiger partial charge on any atom is -0.406 e. The van der Waals surface area contributed by atoms with Crippen molar-refractivity contribution in [3.63, 3.8) is 0 Å². The van der Waals surface area contributed by atoms with E-state index in [-0.39, 0.29) is 17.7 Å². The van der Waals surface area contributed by atoms with Crippen LogP contribution in [0.5, 0.6) is 5.75 Å². The van der Waals surface area contributed by atoms with E-state index in [0.29, 0.717) is 11.1 Å². The predicted octanol–water partition coefficient (Wildman–Crippen LogP) is 3.47. The van der Waals surface area contributed by atoms with Gasteiger partial charge in [0.2, 0.25) is 0 Å². The topological polar surface area (TPSA) is 51.2 Å². The zero-order chi connectivity index (χ0) is 16.2. The summed E-state index contributed by atoms with van der Waals surface area (Å²) in [6, 6.07) is 8.14. The lowest BCUT2D eigenvalue weighted by Crippen LogP contribution is -2.26. The van der Waals surface area contributed by atoms with Gasteiger partial charge < -0.3 is 10.1 Å². The Kier molecular flexibility index (Phi) is 4.65. The summed E-state index contributed by atoms with van der Waals surface area (Å²) in [6.07, 6.45) is -1.71. The zero-order valence-electron chi connectivity index (χ0n) is 11.6. The summed E-state index contributed by atoms with van der Waals surface area (Å²) in [6.45, 7) is 1.73. The molecule has 2 rings (SSSR count). The highest BCUT2D eigenvalue weighted by Gasteiger charge is 2.31. The van der Waals surface area contributed by atoms with Gasteiger partial charge in [-0.05, 0) is 36.8 Å². The van der Waals surface area contributed by atoms with Crippen LogP contribution in [-0.2, 0) is 0 Å². The van der Waals surface area contributed by atoms with Crippen molar-refractivity contribution in [1.82, 2.24) is 10.3 Å². The molecule has 0 spiro atoms. The number of amides is 1. The van der Waals surface area contributed by atoms with Crippen LogP contribution in [0, 0.1) is 0 Å². The third-order valence-electron chi connectivity index (χ3n) is 2.90. The van der Waals surface area contributed by atoms with E-state index in [0.717, 1.165) is 0 Å². The molecule has 0 aliphatic heterocycles. The van der Waals surface area contributed by atoms with Gasteiger partial charge in [-0.25, -0.2) is 0 Å². The van der Waals surface area contributed by atoms with E-state index < -0.39 is 6.36 Å². The molecule has 0 radical (unpaired) electrons. The molecule has 22 heavy (non-hydrogen) atoms. The SMILES string of the molecule is C[C@@H](NC(=O)c1ccncc1)c1ccc(OC(F)(F)F)cc1. The maximum Gasteiger partial charge on any atom is 0.573 e. The largest absolute Gasteiger partial charge is 0.573 e. The summed E-state index contributed by atoms with van der Waals surface area (Å²) in [5.41, 5.74) is 1.12. The van der Waals surface area contributed by atoms with Crippen molar-refractivity contribution in [1.29, 1.82) is 0 Å². The molecule has 0 unspecified atom stereocenters. The van der Waals surface area contributed by atoms with E-state index in [1.165, 1.54) is 36.7 Å². The molecule has 1 atom stereocenters. The molecule has 0 bridgehead atoms. The molecule has 0 saturated carbocycles. The van der Waals surface area contributed by atoms with Crippen LogP contribution in [0.1, 0.15) is 28.9 Å². The molecule has 1 aromatic heterocycles. The van der Waals surface area contributed by atoms with Crippen molar-refractivity contribution in [2.24, 2.45) is 0 Å². The summed E-state index contributed by atoms with van der Waals surface area (Å²) in [4.78, 5) is 15.8. The van der Waals surface area contributed by atoms with Crippen LogP contribution < -0.4 is 10.1 Å². The molecule has 2 aromatic rings. The lowest BCUT2D eigenvalue weighted by molar-refractivity contribution is -0.274. The second-order valence-corrected chi connectivity index (χ2v) is 4.55. The fourth-order valence-corrected chi connectivity index (χ4v) is 1.82. The van der Waals surface area contributed by atoms with Gasteiger partial charge in [-0.2, -0.15) is 0 Å². The quantitative estimate of drug-likeness (QED) is 0.940. The summed E-state index contributed by atoms with van der Waals surface area (Å²) < 4.78 is 40.0. The molecule has 1 N–H and O–H groups in total. The Morgan fingerprint density at radius 2 is 1.73 bits per heavy atom. The number of aromatic nitrogens is 1. The molecule has 0 fully saturated rings. The van der Waals surface area contributed by atoms with Gasteiger partial charge in [-0.1, -0.05) is 12.1 Å². The fraction of sp³-hybridized carbons (Fsp3) is 0.200.